The first kappa shape index (κ1) is 17.6. The molecule has 0 spiro atoms. The van der Waals surface area contributed by atoms with Crippen LogP contribution in [0.25, 0.3) is 0 Å². The summed E-state index contributed by atoms with van der Waals surface area (Å²) in [4.78, 5) is 23.9. The smallest absolute Gasteiger partial charge is 0.163 e. The van der Waals surface area contributed by atoms with Crippen LogP contribution in [-0.2, 0) is 4.79 Å². The first-order valence-electron chi connectivity index (χ1n) is 8.30. The van der Waals surface area contributed by atoms with Crippen LogP contribution in [0.1, 0.15) is 75.6 Å². The van der Waals surface area contributed by atoms with Crippen LogP contribution in [0.5, 0.6) is 0 Å². The van der Waals surface area contributed by atoms with Crippen LogP contribution in [0.15, 0.2) is 30.3 Å². The summed E-state index contributed by atoms with van der Waals surface area (Å²) in [5.41, 5.74) is 0.717. The highest BCUT2D eigenvalue weighted by atomic mass is 16.1. The Morgan fingerprint density at radius 1 is 0.952 bits per heavy atom. The van der Waals surface area contributed by atoms with Crippen LogP contribution in [0.2, 0.25) is 0 Å². The van der Waals surface area contributed by atoms with Crippen molar-refractivity contribution in [2.24, 2.45) is 5.92 Å². The van der Waals surface area contributed by atoms with Crippen molar-refractivity contribution in [3.63, 3.8) is 0 Å². The number of benzene rings is 1. The molecule has 0 N–H and O–H groups in total. The van der Waals surface area contributed by atoms with E-state index in [0.717, 1.165) is 12.8 Å². The lowest BCUT2D eigenvalue weighted by Gasteiger charge is -2.19. The average molecular weight is 288 g/mol. The Labute approximate surface area is 128 Å². The van der Waals surface area contributed by atoms with Crippen molar-refractivity contribution < 1.29 is 9.59 Å². The molecule has 0 aromatic heterocycles. The van der Waals surface area contributed by atoms with Crippen LogP contribution in [0.3, 0.4) is 0 Å². The van der Waals surface area contributed by atoms with Gasteiger partial charge >= 0.3 is 0 Å². The zero-order chi connectivity index (χ0) is 15.5. The van der Waals surface area contributed by atoms with E-state index in [2.05, 4.69) is 13.8 Å². The van der Waals surface area contributed by atoms with Gasteiger partial charge in [0.25, 0.3) is 0 Å². The van der Waals surface area contributed by atoms with Crippen LogP contribution in [0, 0.1) is 5.92 Å². The van der Waals surface area contributed by atoms with Gasteiger partial charge in [0, 0.05) is 24.3 Å². The molecule has 1 aliphatic rings. The van der Waals surface area contributed by atoms with E-state index in [4.69, 9.17) is 0 Å². The molecule has 0 saturated heterocycles. The molecule has 0 atom stereocenters. The first-order chi connectivity index (χ1) is 10.2. The summed E-state index contributed by atoms with van der Waals surface area (Å²) < 4.78 is 0. The summed E-state index contributed by atoms with van der Waals surface area (Å²) in [5.74, 6) is 0.598. The molecule has 0 unspecified atom stereocenters. The van der Waals surface area contributed by atoms with E-state index < -0.39 is 0 Å². The second-order valence-electron chi connectivity index (χ2n) is 5.80. The molecule has 1 saturated carbocycles. The molecule has 0 bridgehead atoms. The molecule has 1 fully saturated rings. The van der Waals surface area contributed by atoms with Crippen molar-refractivity contribution >= 4 is 11.6 Å². The van der Waals surface area contributed by atoms with Crippen molar-refractivity contribution in [2.75, 3.05) is 0 Å². The highest BCUT2D eigenvalue weighted by Crippen LogP contribution is 2.25. The standard InChI is InChI=1S/C16H20O2.C3H8/c17-15(13-7-3-1-4-8-13)11-12-16(18)14-9-5-2-6-10-14;1-3-2/h1,3-4,7-8,14H,2,5-6,9-12H2;3H2,1-2H3. The number of hydrogen-bond acceptors (Lipinski definition) is 2. The van der Waals surface area contributed by atoms with Gasteiger partial charge in [-0.2, -0.15) is 0 Å². The summed E-state index contributed by atoms with van der Waals surface area (Å²) in [6.07, 6.45) is 7.67. The van der Waals surface area contributed by atoms with Gasteiger partial charge in [0.15, 0.2) is 5.78 Å². The van der Waals surface area contributed by atoms with E-state index in [1.807, 2.05) is 30.3 Å². The third-order valence-electron chi connectivity index (χ3n) is 3.75. The summed E-state index contributed by atoms with van der Waals surface area (Å²) >= 11 is 0. The van der Waals surface area contributed by atoms with Gasteiger partial charge in [-0.1, -0.05) is 69.9 Å². The lowest BCUT2D eigenvalue weighted by atomic mass is 9.84. The molecule has 0 heterocycles. The number of carbonyl (C=O) groups excluding carboxylic acids is 2. The summed E-state index contributed by atoms with van der Waals surface area (Å²) in [6, 6.07) is 9.23. The molecule has 0 aliphatic heterocycles. The lowest BCUT2D eigenvalue weighted by molar-refractivity contribution is -0.123. The molecular weight excluding hydrogens is 260 g/mol. The zero-order valence-electron chi connectivity index (χ0n) is 13.4. The van der Waals surface area contributed by atoms with Crippen molar-refractivity contribution in [1.29, 1.82) is 0 Å². The Kier molecular flexibility index (Phi) is 8.65. The molecule has 1 aromatic carbocycles. The maximum atomic E-state index is 12.0. The Morgan fingerprint density at radius 3 is 2.10 bits per heavy atom. The number of Topliss-reactive ketones (excluding diaryl/α,β-unsaturated/α-hetero) is 2. The fourth-order valence-electron chi connectivity index (χ4n) is 2.63. The van der Waals surface area contributed by atoms with Crippen molar-refractivity contribution in [3.05, 3.63) is 35.9 Å². The van der Waals surface area contributed by atoms with E-state index in [9.17, 15) is 9.59 Å². The summed E-state index contributed by atoms with van der Waals surface area (Å²) in [7, 11) is 0. The number of carbonyl (C=O) groups is 2. The molecule has 21 heavy (non-hydrogen) atoms. The van der Waals surface area contributed by atoms with Crippen molar-refractivity contribution in [2.45, 2.75) is 65.2 Å². The molecule has 116 valence electrons. The Balaban J connectivity index is 0.000000677. The minimum atomic E-state index is 0.0831. The second kappa shape index (κ2) is 10.3. The van der Waals surface area contributed by atoms with Gasteiger partial charge in [0.05, 0.1) is 0 Å². The molecule has 2 rings (SSSR count). The SMILES string of the molecule is CCC.O=C(CCC(=O)C1CCCCC1)c1ccccc1. The van der Waals surface area contributed by atoms with Crippen LogP contribution in [-0.4, -0.2) is 11.6 Å². The first-order valence-corrected chi connectivity index (χ1v) is 8.30. The van der Waals surface area contributed by atoms with Crippen LogP contribution >= 0.6 is 0 Å². The monoisotopic (exact) mass is 288 g/mol. The molecule has 2 heteroatoms. The van der Waals surface area contributed by atoms with Crippen LogP contribution in [0.4, 0.5) is 0 Å². The minimum absolute atomic E-state index is 0.0831. The largest absolute Gasteiger partial charge is 0.299 e. The molecular formula is C19H28O2. The average Bonchev–Trinajstić information content (AvgIpc) is 2.54. The van der Waals surface area contributed by atoms with Gasteiger partial charge in [-0.05, 0) is 12.8 Å². The highest BCUT2D eigenvalue weighted by Gasteiger charge is 2.21. The van der Waals surface area contributed by atoms with E-state index in [0.29, 0.717) is 24.2 Å². The topological polar surface area (TPSA) is 34.1 Å². The third-order valence-corrected chi connectivity index (χ3v) is 3.75. The van der Waals surface area contributed by atoms with Gasteiger partial charge < -0.3 is 0 Å². The van der Waals surface area contributed by atoms with Crippen molar-refractivity contribution in [3.8, 4) is 0 Å². The maximum absolute atomic E-state index is 12.0. The Bertz CT molecular complexity index is 416. The van der Waals surface area contributed by atoms with Crippen molar-refractivity contribution in [1.82, 2.24) is 0 Å². The lowest BCUT2D eigenvalue weighted by Crippen LogP contribution is -2.18. The summed E-state index contributed by atoms with van der Waals surface area (Å²) in [6.45, 7) is 4.25. The fourth-order valence-corrected chi connectivity index (χ4v) is 2.63. The van der Waals surface area contributed by atoms with E-state index in [-0.39, 0.29) is 11.7 Å². The molecule has 0 amide bonds. The molecule has 1 aromatic rings. The Hall–Kier alpha value is -1.44. The van der Waals surface area contributed by atoms with Gasteiger partial charge in [0.1, 0.15) is 5.78 Å². The van der Waals surface area contributed by atoms with E-state index in [1.54, 1.807) is 0 Å². The van der Waals surface area contributed by atoms with Gasteiger partial charge in [0.2, 0.25) is 0 Å². The molecule has 2 nitrogen and oxygen atoms in total. The maximum Gasteiger partial charge on any atom is 0.163 e. The second-order valence-corrected chi connectivity index (χ2v) is 5.80. The van der Waals surface area contributed by atoms with Gasteiger partial charge in [-0.15, -0.1) is 0 Å². The van der Waals surface area contributed by atoms with Gasteiger partial charge in [-0.25, -0.2) is 0 Å². The Morgan fingerprint density at radius 2 is 1.52 bits per heavy atom. The van der Waals surface area contributed by atoms with E-state index >= 15 is 0 Å². The number of rotatable bonds is 5. The fraction of sp³-hybridized carbons (Fsp3) is 0.579. The van der Waals surface area contributed by atoms with E-state index in [1.165, 1.54) is 25.7 Å². The normalized spacial score (nSPS) is 15.0. The predicted octanol–water partition coefficient (Wildman–Crippen LogP) is 5.22. The highest BCUT2D eigenvalue weighted by molar-refractivity contribution is 5.98. The summed E-state index contributed by atoms with van der Waals surface area (Å²) in [5, 5.41) is 0. The predicted molar refractivity (Wildman–Crippen MR) is 87.6 cm³/mol. The van der Waals surface area contributed by atoms with Crippen LogP contribution < -0.4 is 0 Å². The molecule has 1 aliphatic carbocycles. The minimum Gasteiger partial charge on any atom is -0.299 e. The zero-order valence-corrected chi connectivity index (χ0v) is 13.4. The number of hydrogen-bond donors (Lipinski definition) is 0. The third kappa shape index (κ3) is 6.70. The number of ketones is 2. The molecule has 0 radical (unpaired) electrons. The van der Waals surface area contributed by atoms with Gasteiger partial charge in [-0.3, -0.25) is 9.59 Å². The quantitative estimate of drug-likeness (QED) is 0.696.